The minimum absolute atomic E-state index is 0.000902. The van der Waals surface area contributed by atoms with Crippen LogP contribution in [-0.2, 0) is 6.42 Å². The Morgan fingerprint density at radius 1 is 1.19 bits per heavy atom. The van der Waals surface area contributed by atoms with Gasteiger partial charge >= 0.3 is 6.18 Å². The number of fused-ring (bicyclic) bond motifs is 1. The molecule has 0 aliphatic carbocycles. The van der Waals surface area contributed by atoms with Crippen LogP contribution in [0.4, 0.5) is 19.0 Å². The molecule has 2 unspecified atom stereocenters. The summed E-state index contributed by atoms with van der Waals surface area (Å²) in [5.74, 6) is -0.610. The molecule has 1 aromatic heterocycles. The Kier molecular flexibility index (Phi) is 6.15. The summed E-state index contributed by atoms with van der Waals surface area (Å²) in [5, 5.41) is 9.58. The Hall–Kier alpha value is -3.00. The van der Waals surface area contributed by atoms with Crippen LogP contribution >= 0.6 is 11.6 Å². The molecule has 4 rings (SSSR count). The van der Waals surface area contributed by atoms with Crippen molar-refractivity contribution in [2.75, 3.05) is 11.9 Å². The quantitative estimate of drug-likeness (QED) is 0.528. The number of rotatable bonds is 5. The van der Waals surface area contributed by atoms with E-state index >= 15 is 0 Å². The fourth-order valence-electron chi connectivity index (χ4n) is 3.80. The lowest BCUT2D eigenvalue weighted by Gasteiger charge is -2.33. The van der Waals surface area contributed by atoms with Gasteiger partial charge in [-0.1, -0.05) is 71.8 Å². The van der Waals surface area contributed by atoms with Gasteiger partial charge in [0.15, 0.2) is 11.7 Å². The molecule has 1 aliphatic heterocycles. The summed E-state index contributed by atoms with van der Waals surface area (Å²) in [5.41, 5.74) is 2.53. The third kappa shape index (κ3) is 4.60. The van der Waals surface area contributed by atoms with Crippen molar-refractivity contribution in [3.63, 3.8) is 0 Å². The predicted molar refractivity (Wildman–Crippen MR) is 117 cm³/mol. The van der Waals surface area contributed by atoms with Gasteiger partial charge in [0, 0.05) is 13.0 Å². The molecule has 2 aromatic carbocycles. The fraction of sp³-hybridized carbons (Fsp3) is 0.304. The lowest BCUT2D eigenvalue weighted by Crippen LogP contribution is -2.36. The zero-order valence-corrected chi connectivity index (χ0v) is 18.0. The lowest BCUT2D eigenvalue weighted by molar-refractivity contribution is -0.173. The lowest BCUT2D eigenvalue weighted by atomic mass is 9.96. The number of alkyl halides is 3. The van der Waals surface area contributed by atoms with E-state index in [0.717, 1.165) is 15.8 Å². The molecular formula is C23H22ClF3N4O. The minimum Gasteiger partial charge on any atom is -0.362 e. The number of nitrogens with one attached hydrogen (secondary N) is 2. The Labute approximate surface area is 188 Å². The molecule has 2 atom stereocenters. The second-order valence-corrected chi connectivity index (χ2v) is 8.23. The van der Waals surface area contributed by atoms with Crippen molar-refractivity contribution in [1.29, 1.82) is 0 Å². The summed E-state index contributed by atoms with van der Waals surface area (Å²) in [7, 11) is 0. The fourth-order valence-corrected chi connectivity index (χ4v) is 4.07. The largest absolute Gasteiger partial charge is 0.410 e. The van der Waals surface area contributed by atoms with Crippen molar-refractivity contribution in [3.8, 4) is 0 Å². The molecule has 0 spiro atoms. The first kappa shape index (κ1) is 22.2. The van der Waals surface area contributed by atoms with E-state index in [2.05, 4.69) is 15.7 Å². The summed E-state index contributed by atoms with van der Waals surface area (Å²) in [6.07, 6.45) is -4.22. The van der Waals surface area contributed by atoms with Crippen molar-refractivity contribution in [3.05, 3.63) is 82.0 Å². The van der Waals surface area contributed by atoms with Crippen LogP contribution in [0.3, 0.4) is 0 Å². The van der Waals surface area contributed by atoms with Crippen LogP contribution in [0.25, 0.3) is 0 Å². The molecule has 0 radical (unpaired) electrons. The average molecular weight is 463 g/mol. The highest BCUT2D eigenvalue weighted by molar-refractivity contribution is 6.36. The van der Waals surface area contributed by atoms with E-state index in [0.29, 0.717) is 18.5 Å². The molecule has 5 nitrogen and oxygen atoms in total. The molecule has 2 heterocycles. The first-order valence-electron chi connectivity index (χ1n) is 10.2. The van der Waals surface area contributed by atoms with Crippen LogP contribution < -0.4 is 10.6 Å². The number of benzene rings is 2. The Bertz CT molecular complexity index is 1100. The number of hydrogen-bond donors (Lipinski definition) is 2. The molecule has 0 saturated heterocycles. The molecule has 32 heavy (non-hydrogen) atoms. The number of halogens is 4. The normalized spacial score (nSPS) is 18.0. The van der Waals surface area contributed by atoms with E-state index in [-0.39, 0.29) is 23.0 Å². The second kappa shape index (κ2) is 8.86. The number of carbonyl (C=O) groups is 1. The molecule has 0 saturated carbocycles. The molecule has 168 valence electrons. The van der Waals surface area contributed by atoms with Gasteiger partial charge in [0.1, 0.15) is 10.8 Å². The Balaban J connectivity index is 1.57. The van der Waals surface area contributed by atoms with E-state index in [1.54, 1.807) is 12.1 Å². The Morgan fingerprint density at radius 2 is 1.88 bits per heavy atom. The van der Waals surface area contributed by atoms with Gasteiger partial charge in [-0.15, -0.1) is 0 Å². The van der Waals surface area contributed by atoms with E-state index in [4.69, 9.17) is 11.6 Å². The van der Waals surface area contributed by atoms with Crippen LogP contribution in [0.2, 0.25) is 5.02 Å². The number of nitrogens with zero attached hydrogens (tertiary/aromatic N) is 2. The van der Waals surface area contributed by atoms with Crippen molar-refractivity contribution in [1.82, 2.24) is 15.1 Å². The predicted octanol–water partition coefficient (Wildman–Crippen LogP) is 5.48. The van der Waals surface area contributed by atoms with E-state index in [9.17, 15) is 18.0 Å². The standard InChI is InChI=1S/C23H22ClF3N4O/c1-14-7-9-16(10-8-14)17-13-18(23(25,26)27)31-21(29-17)19(24)20(30-31)22(32)28-12-11-15-5-3-2-4-6-15/h2-10,17-18,29H,11-13H2,1H3,(H,28,32). The number of anilines is 1. The summed E-state index contributed by atoms with van der Waals surface area (Å²) in [6, 6.07) is 14.3. The number of aryl methyl sites for hydroxylation is 1. The van der Waals surface area contributed by atoms with Crippen LogP contribution in [0.1, 0.15) is 45.7 Å². The van der Waals surface area contributed by atoms with Crippen molar-refractivity contribution >= 4 is 23.3 Å². The molecule has 0 fully saturated rings. The van der Waals surface area contributed by atoms with E-state index in [1.165, 1.54) is 0 Å². The molecule has 1 amide bonds. The van der Waals surface area contributed by atoms with Crippen molar-refractivity contribution in [2.45, 2.75) is 38.0 Å². The van der Waals surface area contributed by atoms with Crippen LogP contribution in [0.15, 0.2) is 54.6 Å². The van der Waals surface area contributed by atoms with Gasteiger partial charge in [-0.25, -0.2) is 4.68 Å². The van der Waals surface area contributed by atoms with Gasteiger partial charge in [-0.2, -0.15) is 18.3 Å². The van der Waals surface area contributed by atoms with Crippen LogP contribution in [0, 0.1) is 6.92 Å². The average Bonchev–Trinajstić information content (AvgIpc) is 3.10. The van der Waals surface area contributed by atoms with Crippen LogP contribution in [-0.4, -0.2) is 28.4 Å². The van der Waals surface area contributed by atoms with Gasteiger partial charge in [0.2, 0.25) is 0 Å². The molecule has 3 aromatic rings. The minimum atomic E-state index is -4.55. The number of hydrogen-bond acceptors (Lipinski definition) is 3. The summed E-state index contributed by atoms with van der Waals surface area (Å²) in [4.78, 5) is 12.6. The van der Waals surface area contributed by atoms with Crippen LogP contribution in [0.5, 0.6) is 0 Å². The van der Waals surface area contributed by atoms with E-state index < -0.39 is 24.2 Å². The summed E-state index contributed by atoms with van der Waals surface area (Å²) < 4.78 is 42.4. The van der Waals surface area contributed by atoms with Gasteiger partial charge in [0.05, 0.1) is 6.04 Å². The maximum absolute atomic E-state index is 13.9. The Morgan fingerprint density at radius 3 is 2.53 bits per heavy atom. The van der Waals surface area contributed by atoms with Gasteiger partial charge in [-0.05, 0) is 24.5 Å². The second-order valence-electron chi connectivity index (χ2n) is 7.85. The topological polar surface area (TPSA) is 59.0 Å². The first-order valence-corrected chi connectivity index (χ1v) is 10.6. The van der Waals surface area contributed by atoms with E-state index in [1.807, 2.05) is 49.4 Å². The first-order chi connectivity index (χ1) is 15.2. The number of amides is 1. The zero-order valence-electron chi connectivity index (χ0n) is 17.3. The molecule has 0 bridgehead atoms. The molecule has 1 aliphatic rings. The SMILES string of the molecule is Cc1ccc(C2CC(C(F)(F)F)n3nc(C(=O)NCCc4ccccc4)c(Cl)c3N2)cc1. The van der Waals surface area contributed by atoms with Gasteiger partial charge in [-0.3, -0.25) is 4.79 Å². The maximum atomic E-state index is 13.9. The highest BCUT2D eigenvalue weighted by Gasteiger charge is 2.47. The van der Waals surface area contributed by atoms with Crippen molar-refractivity contribution < 1.29 is 18.0 Å². The molecule has 2 N–H and O–H groups in total. The van der Waals surface area contributed by atoms with Gasteiger partial charge < -0.3 is 10.6 Å². The number of aromatic nitrogens is 2. The maximum Gasteiger partial charge on any atom is 0.410 e. The number of carbonyl (C=O) groups excluding carboxylic acids is 1. The monoisotopic (exact) mass is 462 g/mol. The summed E-state index contributed by atoms with van der Waals surface area (Å²) >= 11 is 6.35. The van der Waals surface area contributed by atoms with Crippen molar-refractivity contribution in [2.24, 2.45) is 0 Å². The van der Waals surface area contributed by atoms with Gasteiger partial charge in [0.25, 0.3) is 5.91 Å². The summed E-state index contributed by atoms with van der Waals surface area (Å²) in [6.45, 7) is 2.22. The smallest absolute Gasteiger partial charge is 0.362 e. The third-order valence-electron chi connectivity index (χ3n) is 5.53. The molecular weight excluding hydrogens is 441 g/mol. The highest BCUT2D eigenvalue weighted by atomic mass is 35.5. The third-order valence-corrected chi connectivity index (χ3v) is 5.89. The zero-order chi connectivity index (χ0) is 22.9. The highest BCUT2D eigenvalue weighted by Crippen LogP contribution is 2.46. The molecule has 9 heteroatoms.